The molecule has 1 fully saturated rings. The molecule has 1 heterocycles. The fourth-order valence-corrected chi connectivity index (χ4v) is 3.50. The number of rotatable bonds is 5. The molecule has 0 radical (unpaired) electrons. The van der Waals surface area contributed by atoms with Crippen molar-refractivity contribution in [3.63, 3.8) is 0 Å². The van der Waals surface area contributed by atoms with Crippen molar-refractivity contribution in [1.29, 1.82) is 0 Å². The maximum absolute atomic E-state index is 12.9. The molecule has 1 amide bonds. The number of para-hydroxylation sites is 3. The number of anilines is 2. The van der Waals surface area contributed by atoms with Crippen LogP contribution in [-0.2, 0) is 0 Å². The molecule has 0 aliphatic carbocycles. The molecule has 3 aromatic rings. The number of carbonyl (C=O) groups is 1. The van der Waals surface area contributed by atoms with Crippen molar-refractivity contribution in [1.82, 2.24) is 0 Å². The third kappa shape index (κ3) is 4.76. The predicted octanol–water partition coefficient (Wildman–Crippen LogP) is 3.07. The lowest BCUT2D eigenvalue weighted by molar-refractivity contribution is -0.880. The van der Waals surface area contributed by atoms with E-state index in [1.165, 1.54) is 4.90 Å². The van der Waals surface area contributed by atoms with E-state index in [9.17, 15) is 4.79 Å². The van der Waals surface area contributed by atoms with Gasteiger partial charge in [-0.1, -0.05) is 36.4 Å². The summed E-state index contributed by atoms with van der Waals surface area (Å²) in [5.41, 5.74) is 2.48. The largest absolute Gasteiger partial charge is 0.457 e. The molecule has 4 rings (SSSR count). The zero-order valence-corrected chi connectivity index (χ0v) is 16.6. The van der Waals surface area contributed by atoms with Crippen molar-refractivity contribution in [2.24, 2.45) is 0 Å². The molecule has 29 heavy (non-hydrogen) atoms. The van der Waals surface area contributed by atoms with E-state index in [1.807, 2.05) is 60.7 Å². The summed E-state index contributed by atoms with van der Waals surface area (Å²) in [7, 11) is 2.22. The van der Waals surface area contributed by atoms with Crippen LogP contribution < -0.4 is 19.9 Å². The molecule has 3 aromatic carbocycles. The highest BCUT2D eigenvalue weighted by atomic mass is 16.5. The highest BCUT2D eigenvalue weighted by Crippen LogP contribution is 2.27. The van der Waals surface area contributed by atoms with Gasteiger partial charge in [-0.2, -0.15) is 0 Å². The van der Waals surface area contributed by atoms with Crippen LogP contribution in [0.1, 0.15) is 10.4 Å². The Bertz CT molecular complexity index is 967. The van der Waals surface area contributed by atoms with Crippen molar-refractivity contribution < 1.29 is 14.4 Å². The molecule has 1 saturated heterocycles. The second kappa shape index (κ2) is 8.80. The summed E-state index contributed by atoms with van der Waals surface area (Å²) in [5.74, 6) is 1.24. The zero-order chi connectivity index (χ0) is 20.1. The van der Waals surface area contributed by atoms with Gasteiger partial charge in [-0.15, -0.1) is 0 Å². The number of benzene rings is 3. The van der Waals surface area contributed by atoms with Gasteiger partial charge in [-0.25, -0.2) is 0 Å². The predicted molar refractivity (Wildman–Crippen MR) is 116 cm³/mol. The van der Waals surface area contributed by atoms with Crippen LogP contribution in [0.25, 0.3) is 0 Å². The maximum atomic E-state index is 12.9. The fraction of sp³-hybridized carbons (Fsp3) is 0.208. The molecular weight excluding hydrogens is 362 g/mol. The Balaban J connectivity index is 1.49. The van der Waals surface area contributed by atoms with Gasteiger partial charge in [0.2, 0.25) is 0 Å². The number of piperazine rings is 1. The second-order valence-corrected chi connectivity index (χ2v) is 7.36. The van der Waals surface area contributed by atoms with E-state index >= 15 is 0 Å². The number of likely N-dealkylation sites (N-methyl/N-ethyl adjacent to an activating group) is 1. The average Bonchev–Trinajstić information content (AvgIpc) is 2.76. The lowest BCUT2D eigenvalue weighted by Gasteiger charge is -2.33. The Kier molecular flexibility index (Phi) is 5.77. The van der Waals surface area contributed by atoms with Gasteiger partial charge >= 0.3 is 0 Å². The molecule has 0 saturated carbocycles. The Morgan fingerprint density at radius 1 is 0.897 bits per heavy atom. The van der Waals surface area contributed by atoms with Gasteiger partial charge in [0.1, 0.15) is 11.5 Å². The van der Waals surface area contributed by atoms with Gasteiger partial charge < -0.3 is 19.9 Å². The normalized spacial score (nSPS) is 14.4. The molecule has 1 aliphatic heterocycles. The Morgan fingerprint density at radius 3 is 2.38 bits per heavy atom. The molecule has 0 atom stereocenters. The summed E-state index contributed by atoms with van der Waals surface area (Å²) < 4.78 is 5.86. The zero-order valence-electron chi connectivity index (χ0n) is 16.6. The van der Waals surface area contributed by atoms with Gasteiger partial charge in [-0.3, -0.25) is 4.79 Å². The minimum atomic E-state index is -0.143. The number of hydrogen-bond acceptors (Lipinski definition) is 3. The minimum absolute atomic E-state index is 0.143. The number of nitrogens with one attached hydrogen (secondary N) is 2. The number of quaternary nitrogens is 1. The molecule has 2 N–H and O–H groups in total. The molecular formula is C24H26N3O2+. The van der Waals surface area contributed by atoms with Crippen molar-refractivity contribution in [2.45, 2.75) is 0 Å². The highest BCUT2D eigenvalue weighted by molar-refractivity contribution is 6.06. The van der Waals surface area contributed by atoms with Crippen molar-refractivity contribution >= 4 is 17.3 Å². The van der Waals surface area contributed by atoms with Gasteiger partial charge in [0.15, 0.2) is 0 Å². The molecule has 0 unspecified atom stereocenters. The van der Waals surface area contributed by atoms with Crippen LogP contribution in [0, 0.1) is 0 Å². The standard InChI is InChI=1S/C24H25N3O2/c1-26-14-16-27(17-15-26)23-13-6-5-12-22(23)25-24(28)19-8-7-11-21(18-19)29-20-9-3-2-4-10-20/h2-13,18H,14-17H2,1H3,(H,25,28)/p+1. The topological polar surface area (TPSA) is 46.0 Å². The Morgan fingerprint density at radius 2 is 1.59 bits per heavy atom. The van der Waals surface area contributed by atoms with Crippen LogP contribution in [0.5, 0.6) is 11.5 Å². The van der Waals surface area contributed by atoms with E-state index in [2.05, 4.69) is 23.3 Å². The molecule has 1 aliphatic rings. The first-order valence-corrected chi connectivity index (χ1v) is 9.98. The van der Waals surface area contributed by atoms with E-state index < -0.39 is 0 Å². The number of hydrogen-bond donors (Lipinski definition) is 2. The number of amides is 1. The average molecular weight is 388 g/mol. The molecule has 0 spiro atoms. The molecule has 148 valence electrons. The van der Waals surface area contributed by atoms with Gasteiger partial charge in [0.25, 0.3) is 5.91 Å². The summed E-state index contributed by atoms with van der Waals surface area (Å²) in [6, 6.07) is 24.8. The van der Waals surface area contributed by atoms with Crippen LogP contribution in [0.15, 0.2) is 78.9 Å². The summed E-state index contributed by atoms with van der Waals surface area (Å²) >= 11 is 0. The fourth-order valence-electron chi connectivity index (χ4n) is 3.50. The van der Waals surface area contributed by atoms with Crippen LogP contribution in [0.3, 0.4) is 0 Å². The van der Waals surface area contributed by atoms with E-state index in [1.54, 1.807) is 12.1 Å². The third-order valence-corrected chi connectivity index (χ3v) is 5.19. The second-order valence-electron chi connectivity index (χ2n) is 7.36. The molecule has 5 nitrogen and oxygen atoms in total. The van der Waals surface area contributed by atoms with Crippen LogP contribution >= 0.6 is 0 Å². The highest BCUT2D eigenvalue weighted by Gasteiger charge is 2.20. The third-order valence-electron chi connectivity index (χ3n) is 5.19. The van der Waals surface area contributed by atoms with Crippen molar-refractivity contribution in [2.75, 3.05) is 43.4 Å². The van der Waals surface area contributed by atoms with Crippen LogP contribution in [-0.4, -0.2) is 39.1 Å². The molecule has 5 heteroatoms. The SMILES string of the molecule is C[NH+]1CCN(c2ccccc2NC(=O)c2cccc(Oc3ccccc3)c2)CC1. The van der Waals surface area contributed by atoms with E-state index in [0.29, 0.717) is 11.3 Å². The Labute approximate surface area is 171 Å². The lowest BCUT2D eigenvalue weighted by atomic mass is 10.1. The first-order chi connectivity index (χ1) is 14.2. The lowest BCUT2D eigenvalue weighted by Crippen LogP contribution is -3.12. The first-order valence-electron chi connectivity index (χ1n) is 9.98. The van der Waals surface area contributed by atoms with Crippen LogP contribution in [0.4, 0.5) is 11.4 Å². The maximum Gasteiger partial charge on any atom is 0.255 e. The van der Waals surface area contributed by atoms with E-state index in [0.717, 1.165) is 43.3 Å². The van der Waals surface area contributed by atoms with Crippen molar-refractivity contribution in [3.8, 4) is 11.5 Å². The molecule has 0 bridgehead atoms. The summed E-state index contributed by atoms with van der Waals surface area (Å²) in [4.78, 5) is 16.8. The van der Waals surface area contributed by atoms with Crippen LogP contribution in [0.2, 0.25) is 0 Å². The minimum Gasteiger partial charge on any atom is -0.457 e. The van der Waals surface area contributed by atoms with Gasteiger partial charge in [-0.05, 0) is 42.5 Å². The first kappa shape index (κ1) is 19.0. The summed E-state index contributed by atoms with van der Waals surface area (Å²) in [6.07, 6.45) is 0. The monoisotopic (exact) mass is 388 g/mol. The smallest absolute Gasteiger partial charge is 0.255 e. The quantitative estimate of drug-likeness (QED) is 0.706. The number of carbonyl (C=O) groups excluding carboxylic acids is 1. The van der Waals surface area contributed by atoms with Gasteiger partial charge in [0, 0.05) is 5.56 Å². The summed E-state index contributed by atoms with van der Waals surface area (Å²) in [6.45, 7) is 4.17. The van der Waals surface area contributed by atoms with Gasteiger partial charge in [0.05, 0.1) is 44.6 Å². The van der Waals surface area contributed by atoms with E-state index in [4.69, 9.17) is 4.74 Å². The van der Waals surface area contributed by atoms with E-state index in [-0.39, 0.29) is 5.91 Å². The Hall–Kier alpha value is -3.31. The molecule has 0 aromatic heterocycles. The number of ether oxygens (including phenoxy) is 1. The number of nitrogens with zero attached hydrogens (tertiary/aromatic N) is 1. The summed E-state index contributed by atoms with van der Waals surface area (Å²) in [5, 5.41) is 3.08. The van der Waals surface area contributed by atoms with Crippen molar-refractivity contribution in [3.05, 3.63) is 84.4 Å².